The maximum Gasteiger partial charge on any atom is 0.0720 e. The van der Waals surface area contributed by atoms with E-state index in [4.69, 9.17) is 5.10 Å². The van der Waals surface area contributed by atoms with E-state index in [9.17, 15) is 0 Å². The fraction of sp³-hybridized carbons (Fsp3) is 0.812. The number of aryl methyl sites for hydroxylation is 1. The van der Waals surface area contributed by atoms with Gasteiger partial charge < -0.3 is 0 Å². The lowest BCUT2D eigenvalue weighted by molar-refractivity contribution is 0.443. The van der Waals surface area contributed by atoms with Gasteiger partial charge in [0.25, 0.3) is 0 Å². The summed E-state index contributed by atoms with van der Waals surface area (Å²) in [7, 11) is 2.06. The van der Waals surface area contributed by atoms with Gasteiger partial charge in [0.05, 0.1) is 5.69 Å². The Morgan fingerprint density at radius 2 is 2.00 bits per heavy atom. The molecule has 2 heteroatoms. The van der Waals surface area contributed by atoms with E-state index in [-0.39, 0.29) is 5.41 Å². The smallest absolute Gasteiger partial charge is 0.0720 e. The van der Waals surface area contributed by atoms with Crippen LogP contribution in [0.4, 0.5) is 0 Å². The molecule has 0 bridgehead atoms. The molecule has 0 spiro atoms. The molecule has 0 unspecified atom stereocenters. The van der Waals surface area contributed by atoms with Gasteiger partial charge in [0, 0.05) is 18.7 Å². The molecule has 2 rings (SSSR count). The van der Waals surface area contributed by atoms with Gasteiger partial charge in [-0.15, -0.1) is 0 Å². The van der Waals surface area contributed by atoms with Gasteiger partial charge in [-0.2, -0.15) is 5.10 Å². The number of hydrogen-bond donors (Lipinski definition) is 0. The average molecular weight is 248 g/mol. The van der Waals surface area contributed by atoms with Crippen LogP contribution < -0.4 is 0 Å². The van der Waals surface area contributed by atoms with Gasteiger partial charge in [-0.1, -0.05) is 47.0 Å². The summed E-state index contributed by atoms with van der Waals surface area (Å²) < 4.78 is 2.01. The first kappa shape index (κ1) is 13.6. The van der Waals surface area contributed by atoms with Gasteiger partial charge in [0.2, 0.25) is 0 Å². The molecule has 0 aliphatic heterocycles. The summed E-state index contributed by atoms with van der Waals surface area (Å²) in [5.41, 5.74) is 3.50. The maximum absolute atomic E-state index is 4.76. The Morgan fingerprint density at radius 3 is 2.56 bits per heavy atom. The van der Waals surface area contributed by atoms with Crippen LogP contribution in [0, 0.1) is 0 Å². The summed E-state index contributed by atoms with van der Waals surface area (Å²) in [6.45, 7) is 9.40. The van der Waals surface area contributed by atoms with Crippen molar-refractivity contribution < 1.29 is 0 Å². The summed E-state index contributed by atoms with van der Waals surface area (Å²) >= 11 is 0. The zero-order chi connectivity index (χ0) is 13.4. The van der Waals surface area contributed by atoms with Crippen molar-refractivity contribution in [3.05, 3.63) is 17.5 Å². The lowest BCUT2D eigenvalue weighted by Crippen LogP contribution is -2.20. The highest BCUT2D eigenvalue weighted by Crippen LogP contribution is 2.50. The number of nitrogens with zero attached hydrogens (tertiary/aromatic N) is 2. The highest BCUT2D eigenvalue weighted by atomic mass is 15.3. The molecule has 1 aromatic rings. The third-order valence-electron chi connectivity index (χ3n) is 4.53. The van der Waals surface area contributed by atoms with Crippen molar-refractivity contribution in [1.29, 1.82) is 0 Å². The standard InChI is InChI=1S/C16H28N2/c1-6-7-8-9-15(2,3)13-12-18(5)17-14(13)16(4)10-11-16/h12H,6-11H2,1-5H3. The largest absolute Gasteiger partial charge is 0.275 e. The minimum Gasteiger partial charge on any atom is -0.275 e. The summed E-state index contributed by atoms with van der Waals surface area (Å²) in [6.07, 6.45) is 10.1. The fourth-order valence-electron chi connectivity index (χ4n) is 2.81. The predicted octanol–water partition coefficient (Wildman–Crippen LogP) is 4.33. The minimum absolute atomic E-state index is 0.268. The molecule has 1 heterocycles. The van der Waals surface area contributed by atoms with Crippen molar-refractivity contribution in [2.45, 2.75) is 77.0 Å². The molecular weight excluding hydrogens is 220 g/mol. The van der Waals surface area contributed by atoms with Crippen LogP contribution in [0.5, 0.6) is 0 Å². The molecule has 0 saturated heterocycles. The Labute approximate surface area is 112 Å². The number of hydrogen-bond acceptors (Lipinski definition) is 1. The third-order valence-corrected chi connectivity index (χ3v) is 4.53. The molecule has 0 amide bonds. The minimum atomic E-state index is 0.268. The molecule has 1 aliphatic carbocycles. The van der Waals surface area contributed by atoms with Crippen molar-refractivity contribution >= 4 is 0 Å². The predicted molar refractivity (Wildman–Crippen MR) is 77.0 cm³/mol. The van der Waals surface area contributed by atoms with E-state index in [1.807, 2.05) is 4.68 Å². The molecule has 1 saturated carbocycles. The Bertz CT molecular complexity index is 411. The van der Waals surface area contributed by atoms with Crippen LogP contribution in [-0.4, -0.2) is 9.78 Å². The summed E-state index contributed by atoms with van der Waals surface area (Å²) in [5.74, 6) is 0. The molecule has 18 heavy (non-hydrogen) atoms. The van der Waals surface area contributed by atoms with E-state index >= 15 is 0 Å². The van der Waals surface area contributed by atoms with Crippen molar-refractivity contribution in [3.8, 4) is 0 Å². The summed E-state index contributed by atoms with van der Waals surface area (Å²) in [4.78, 5) is 0. The van der Waals surface area contributed by atoms with Crippen LogP contribution in [0.1, 0.15) is 77.5 Å². The molecule has 1 fully saturated rings. The van der Waals surface area contributed by atoms with Crippen LogP contribution in [-0.2, 0) is 17.9 Å². The molecule has 0 aromatic carbocycles. The Morgan fingerprint density at radius 1 is 1.33 bits per heavy atom. The Balaban J connectivity index is 2.21. The topological polar surface area (TPSA) is 17.8 Å². The van der Waals surface area contributed by atoms with Crippen LogP contribution in [0.2, 0.25) is 0 Å². The van der Waals surface area contributed by atoms with Gasteiger partial charge >= 0.3 is 0 Å². The van der Waals surface area contributed by atoms with Crippen LogP contribution in [0.3, 0.4) is 0 Å². The zero-order valence-electron chi connectivity index (χ0n) is 12.7. The highest BCUT2D eigenvalue weighted by Gasteiger charge is 2.45. The monoisotopic (exact) mass is 248 g/mol. The Hall–Kier alpha value is -0.790. The first-order valence-electron chi connectivity index (χ1n) is 7.44. The van der Waals surface area contributed by atoms with Crippen molar-refractivity contribution in [2.75, 3.05) is 0 Å². The maximum atomic E-state index is 4.76. The molecule has 102 valence electrons. The summed E-state index contributed by atoms with van der Waals surface area (Å²) in [6, 6.07) is 0. The van der Waals surface area contributed by atoms with E-state index in [2.05, 4.69) is 40.9 Å². The average Bonchev–Trinajstić information content (AvgIpc) is 2.89. The normalized spacial score (nSPS) is 18.1. The highest BCUT2D eigenvalue weighted by molar-refractivity contribution is 5.35. The van der Waals surface area contributed by atoms with Gasteiger partial charge in [0.15, 0.2) is 0 Å². The third kappa shape index (κ3) is 2.62. The van der Waals surface area contributed by atoms with Crippen molar-refractivity contribution in [2.24, 2.45) is 7.05 Å². The van der Waals surface area contributed by atoms with Crippen LogP contribution >= 0.6 is 0 Å². The summed E-state index contributed by atoms with van der Waals surface area (Å²) in [5, 5.41) is 4.76. The van der Waals surface area contributed by atoms with E-state index in [1.165, 1.54) is 49.8 Å². The van der Waals surface area contributed by atoms with E-state index in [1.54, 1.807) is 0 Å². The molecule has 1 aliphatic rings. The second kappa shape index (κ2) is 4.71. The Kier molecular flexibility index (Phi) is 3.57. The lowest BCUT2D eigenvalue weighted by Gasteiger charge is -2.26. The van der Waals surface area contributed by atoms with E-state index in [0.717, 1.165) is 0 Å². The first-order chi connectivity index (χ1) is 8.39. The molecule has 0 radical (unpaired) electrons. The zero-order valence-corrected chi connectivity index (χ0v) is 12.7. The van der Waals surface area contributed by atoms with E-state index < -0.39 is 0 Å². The van der Waals surface area contributed by atoms with Crippen molar-refractivity contribution in [3.63, 3.8) is 0 Å². The van der Waals surface area contributed by atoms with Crippen molar-refractivity contribution in [1.82, 2.24) is 9.78 Å². The van der Waals surface area contributed by atoms with Crippen LogP contribution in [0.25, 0.3) is 0 Å². The second-order valence-corrected chi connectivity index (χ2v) is 6.97. The second-order valence-electron chi connectivity index (χ2n) is 6.97. The first-order valence-corrected chi connectivity index (χ1v) is 7.44. The molecule has 1 aromatic heterocycles. The number of rotatable bonds is 6. The van der Waals surface area contributed by atoms with Gasteiger partial charge in [-0.3, -0.25) is 4.68 Å². The molecule has 2 nitrogen and oxygen atoms in total. The molecule has 0 N–H and O–H groups in total. The SMILES string of the molecule is CCCCCC(C)(C)c1cn(C)nc1C1(C)CC1. The van der Waals surface area contributed by atoms with E-state index in [0.29, 0.717) is 5.41 Å². The number of unbranched alkanes of at least 4 members (excludes halogenated alkanes) is 2. The van der Waals surface area contributed by atoms with Gasteiger partial charge in [0.1, 0.15) is 0 Å². The van der Waals surface area contributed by atoms with Gasteiger partial charge in [-0.25, -0.2) is 0 Å². The lowest BCUT2D eigenvalue weighted by atomic mass is 9.78. The quantitative estimate of drug-likeness (QED) is 0.685. The molecular formula is C16H28N2. The molecule has 0 atom stereocenters. The van der Waals surface area contributed by atoms with Gasteiger partial charge in [-0.05, 0) is 30.2 Å². The fourth-order valence-corrected chi connectivity index (χ4v) is 2.81. The van der Waals surface area contributed by atoms with Crippen LogP contribution in [0.15, 0.2) is 6.20 Å². The number of aromatic nitrogens is 2.